The Hall–Kier alpha value is -0.200. The Morgan fingerprint density at radius 3 is 2.65 bits per heavy atom. The van der Waals surface area contributed by atoms with Crippen molar-refractivity contribution in [2.24, 2.45) is 0 Å². The summed E-state index contributed by atoms with van der Waals surface area (Å²) in [5.74, 6) is -0.431. The highest BCUT2D eigenvalue weighted by Crippen LogP contribution is 2.16. The van der Waals surface area contributed by atoms with Gasteiger partial charge in [0.2, 0.25) is 0 Å². The van der Waals surface area contributed by atoms with Gasteiger partial charge in [0, 0.05) is 19.6 Å². The van der Waals surface area contributed by atoms with E-state index in [1.807, 2.05) is 13.8 Å². The summed E-state index contributed by atoms with van der Waals surface area (Å²) in [4.78, 5) is 2.30. The van der Waals surface area contributed by atoms with Gasteiger partial charge in [-0.3, -0.25) is 0 Å². The van der Waals surface area contributed by atoms with Gasteiger partial charge in [-0.25, -0.2) is 0 Å². The molecule has 0 saturated carbocycles. The maximum Gasteiger partial charge on any atom is 0.162 e. The van der Waals surface area contributed by atoms with Gasteiger partial charge in [-0.15, -0.1) is 0 Å². The van der Waals surface area contributed by atoms with Crippen molar-refractivity contribution in [3.05, 3.63) is 0 Å². The van der Waals surface area contributed by atoms with Gasteiger partial charge in [-0.05, 0) is 20.9 Å². The number of likely N-dealkylation sites (N-methyl/N-ethyl adjacent to an activating group) is 1. The summed E-state index contributed by atoms with van der Waals surface area (Å²) in [6.07, 6.45) is 0.281. The van der Waals surface area contributed by atoms with Crippen LogP contribution in [0.4, 0.5) is 0 Å². The molecule has 1 N–H and O–H groups in total. The normalized spacial score (nSPS) is 31.6. The number of rotatable bonds is 3. The number of ether oxygens (including phenoxy) is 3. The van der Waals surface area contributed by atoms with E-state index in [0.29, 0.717) is 13.2 Å². The molecule has 0 aromatic rings. The third-order valence-electron chi connectivity index (χ3n) is 3.24. The molecule has 2 aliphatic heterocycles. The number of hydrogen-bond donors (Lipinski definition) is 1. The van der Waals surface area contributed by atoms with Gasteiger partial charge < -0.3 is 24.4 Å². The summed E-state index contributed by atoms with van der Waals surface area (Å²) in [5.41, 5.74) is 0. The molecule has 2 rings (SSSR count). The molecule has 1 unspecified atom stereocenters. The van der Waals surface area contributed by atoms with Crippen molar-refractivity contribution in [2.45, 2.75) is 31.8 Å². The summed E-state index contributed by atoms with van der Waals surface area (Å²) < 4.78 is 16.9. The van der Waals surface area contributed by atoms with Gasteiger partial charge in [0.05, 0.1) is 32.0 Å². The molecule has 0 radical (unpaired) electrons. The summed E-state index contributed by atoms with van der Waals surface area (Å²) in [6, 6.07) is 0.277. The molecule has 0 aromatic carbocycles. The summed E-state index contributed by atoms with van der Waals surface area (Å²) in [5, 5.41) is 3.45. The van der Waals surface area contributed by atoms with E-state index in [-0.39, 0.29) is 12.1 Å². The zero-order valence-corrected chi connectivity index (χ0v) is 11.1. The Morgan fingerprint density at radius 1 is 1.29 bits per heavy atom. The first kappa shape index (κ1) is 13.2. The smallest absolute Gasteiger partial charge is 0.162 e. The van der Waals surface area contributed by atoms with Crippen LogP contribution in [-0.2, 0) is 14.2 Å². The van der Waals surface area contributed by atoms with Gasteiger partial charge in [-0.1, -0.05) is 0 Å². The van der Waals surface area contributed by atoms with E-state index in [1.165, 1.54) is 0 Å². The molecular formula is C12H24N2O3. The maximum atomic E-state index is 5.69. The number of morpholine rings is 1. The van der Waals surface area contributed by atoms with Crippen molar-refractivity contribution in [3.8, 4) is 0 Å². The molecule has 5 nitrogen and oxygen atoms in total. The maximum absolute atomic E-state index is 5.69. The van der Waals surface area contributed by atoms with Crippen LogP contribution in [0, 0.1) is 0 Å². The molecule has 2 fully saturated rings. The molecule has 1 atom stereocenters. The van der Waals surface area contributed by atoms with E-state index < -0.39 is 5.79 Å². The van der Waals surface area contributed by atoms with E-state index in [4.69, 9.17) is 14.2 Å². The molecule has 2 heterocycles. The molecule has 0 amide bonds. The fraction of sp³-hybridized carbons (Fsp3) is 1.00. The number of nitrogens with one attached hydrogen (secondary N) is 1. The fourth-order valence-corrected chi connectivity index (χ4v) is 2.10. The number of nitrogens with zero attached hydrogens (tertiary/aromatic N) is 1. The second kappa shape index (κ2) is 5.63. The lowest BCUT2D eigenvalue weighted by Crippen LogP contribution is -2.52. The molecular weight excluding hydrogens is 220 g/mol. The summed E-state index contributed by atoms with van der Waals surface area (Å²) >= 11 is 0. The van der Waals surface area contributed by atoms with Crippen molar-refractivity contribution >= 4 is 0 Å². The largest absolute Gasteiger partial charge is 0.374 e. The molecule has 17 heavy (non-hydrogen) atoms. The minimum absolute atomic E-state index is 0.277. The zero-order valence-electron chi connectivity index (χ0n) is 11.1. The lowest BCUT2D eigenvalue weighted by Gasteiger charge is -2.36. The first-order chi connectivity index (χ1) is 8.05. The first-order valence-corrected chi connectivity index (χ1v) is 6.36. The Balaban J connectivity index is 1.65. The highest BCUT2D eigenvalue weighted by Gasteiger charge is 2.28. The van der Waals surface area contributed by atoms with Crippen LogP contribution >= 0.6 is 0 Å². The van der Waals surface area contributed by atoms with Crippen molar-refractivity contribution in [2.75, 3.05) is 46.5 Å². The minimum Gasteiger partial charge on any atom is -0.374 e. The second-order valence-corrected chi connectivity index (χ2v) is 5.38. The molecule has 100 valence electrons. The third kappa shape index (κ3) is 4.19. The Morgan fingerprint density at radius 2 is 2.00 bits per heavy atom. The van der Waals surface area contributed by atoms with Crippen molar-refractivity contribution in [1.82, 2.24) is 10.2 Å². The van der Waals surface area contributed by atoms with Crippen molar-refractivity contribution in [1.29, 1.82) is 0 Å². The standard InChI is InChI=1S/C12H24N2O3/c1-12(2)16-8-10(9-17-12)13-6-11-7-14(3)4-5-15-11/h10-11,13H,4-9H2,1-3H3. The van der Waals surface area contributed by atoms with Gasteiger partial charge in [-0.2, -0.15) is 0 Å². The Kier molecular flexibility index (Phi) is 4.38. The van der Waals surface area contributed by atoms with Crippen LogP contribution in [0.5, 0.6) is 0 Å². The van der Waals surface area contributed by atoms with E-state index >= 15 is 0 Å². The average molecular weight is 244 g/mol. The molecule has 0 bridgehead atoms. The molecule has 0 aliphatic carbocycles. The summed E-state index contributed by atoms with van der Waals surface area (Å²) in [6.45, 7) is 9.01. The highest BCUT2D eigenvalue weighted by atomic mass is 16.7. The first-order valence-electron chi connectivity index (χ1n) is 6.36. The van der Waals surface area contributed by atoms with Crippen LogP contribution in [0.25, 0.3) is 0 Å². The van der Waals surface area contributed by atoms with Crippen LogP contribution in [-0.4, -0.2) is 69.3 Å². The van der Waals surface area contributed by atoms with Crippen LogP contribution < -0.4 is 5.32 Å². The minimum atomic E-state index is -0.431. The fourth-order valence-electron chi connectivity index (χ4n) is 2.10. The monoisotopic (exact) mass is 244 g/mol. The Labute approximate surface area is 103 Å². The molecule has 0 aromatic heterocycles. The predicted octanol–water partition coefficient (Wildman–Crippen LogP) is 0.0581. The lowest BCUT2D eigenvalue weighted by atomic mass is 10.2. The van der Waals surface area contributed by atoms with Crippen LogP contribution in [0.15, 0.2) is 0 Å². The zero-order chi connectivity index (χ0) is 12.3. The van der Waals surface area contributed by atoms with Gasteiger partial charge in [0.15, 0.2) is 5.79 Å². The Bertz CT molecular complexity index is 238. The quantitative estimate of drug-likeness (QED) is 0.760. The van der Waals surface area contributed by atoms with Gasteiger partial charge in [0.1, 0.15) is 0 Å². The van der Waals surface area contributed by atoms with Crippen LogP contribution in [0.2, 0.25) is 0 Å². The lowest BCUT2D eigenvalue weighted by molar-refractivity contribution is -0.253. The average Bonchev–Trinajstić information content (AvgIpc) is 2.28. The van der Waals surface area contributed by atoms with E-state index in [9.17, 15) is 0 Å². The van der Waals surface area contributed by atoms with E-state index in [1.54, 1.807) is 0 Å². The van der Waals surface area contributed by atoms with Gasteiger partial charge in [0.25, 0.3) is 0 Å². The second-order valence-electron chi connectivity index (χ2n) is 5.38. The van der Waals surface area contributed by atoms with Gasteiger partial charge >= 0.3 is 0 Å². The van der Waals surface area contributed by atoms with E-state index in [0.717, 1.165) is 26.2 Å². The topological polar surface area (TPSA) is 43.0 Å². The predicted molar refractivity (Wildman–Crippen MR) is 65.0 cm³/mol. The molecule has 5 heteroatoms. The molecule has 2 saturated heterocycles. The van der Waals surface area contributed by atoms with Crippen molar-refractivity contribution < 1.29 is 14.2 Å². The molecule has 2 aliphatic rings. The van der Waals surface area contributed by atoms with E-state index in [2.05, 4.69) is 17.3 Å². The van der Waals surface area contributed by atoms with Crippen molar-refractivity contribution in [3.63, 3.8) is 0 Å². The third-order valence-corrected chi connectivity index (χ3v) is 3.24. The number of hydrogen-bond acceptors (Lipinski definition) is 5. The van der Waals surface area contributed by atoms with Crippen LogP contribution in [0.3, 0.4) is 0 Å². The summed E-state index contributed by atoms with van der Waals surface area (Å²) in [7, 11) is 2.13. The molecule has 0 spiro atoms. The highest BCUT2D eigenvalue weighted by molar-refractivity contribution is 4.77. The van der Waals surface area contributed by atoms with Crippen LogP contribution in [0.1, 0.15) is 13.8 Å². The SMILES string of the molecule is CN1CCOC(CNC2COC(C)(C)OC2)C1.